The number of carbonyl (C=O) groups excluding carboxylic acids is 2. The number of benzene rings is 2. The van der Waals surface area contributed by atoms with Gasteiger partial charge in [-0.25, -0.2) is 0 Å². The summed E-state index contributed by atoms with van der Waals surface area (Å²) in [6.45, 7) is 0.400. The van der Waals surface area contributed by atoms with Gasteiger partial charge in [0.25, 0.3) is 5.22 Å². The SMILES string of the molecule is COc1ccc(N2CC(c3nnc(SCC(=O)c4ccc(Cl)cc4)o3)CC2=O)cc1Cl. The topological polar surface area (TPSA) is 85.5 Å². The van der Waals surface area contributed by atoms with Crippen molar-refractivity contribution < 1.29 is 18.7 Å². The molecule has 0 saturated carbocycles. The van der Waals surface area contributed by atoms with Crippen molar-refractivity contribution in [1.82, 2.24) is 10.2 Å². The first-order valence-corrected chi connectivity index (χ1v) is 11.1. The van der Waals surface area contributed by atoms with Crippen LogP contribution in [0.3, 0.4) is 0 Å². The molecule has 0 bridgehead atoms. The Balaban J connectivity index is 1.39. The number of hydrogen-bond acceptors (Lipinski definition) is 7. The van der Waals surface area contributed by atoms with E-state index in [2.05, 4.69) is 10.2 Å². The Hall–Kier alpha value is -2.55. The molecule has 1 amide bonds. The van der Waals surface area contributed by atoms with Gasteiger partial charge in [-0.3, -0.25) is 9.59 Å². The number of nitrogens with zero attached hydrogens (tertiary/aromatic N) is 3. The summed E-state index contributed by atoms with van der Waals surface area (Å²) in [7, 11) is 1.53. The number of ether oxygens (including phenoxy) is 1. The fourth-order valence-electron chi connectivity index (χ4n) is 3.24. The van der Waals surface area contributed by atoms with Gasteiger partial charge < -0.3 is 14.1 Å². The van der Waals surface area contributed by atoms with Gasteiger partial charge in [-0.15, -0.1) is 10.2 Å². The molecule has 0 spiro atoms. The summed E-state index contributed by atoms with van der Waals surface area (Å²) in [6, 6.07) is 11.9. The molecular weight excluding hydrogens is 461 g/mol. The monoisotopic (exact) mass is 477 g/mol. The van der Waals surface area contributed by atoms with Crippen LogP contribution in [0.4, 0.5) is 5.69 Å². The van der Waals surface area contributed by atoms with E-state index >= 15 is 0 Å². The zero-order valence-electron chi connectivity index (χ0n) is 16.4. The second-order valence-electron chi connectivity index (χ2n) is 6.85. The van der Waals surface area contributed by atoms with E-state index in [9.17, 15) is 9.59 Å². The standard InChI is InChI=1S/C21H17Cl2N3O4S/c1-29-18-7-6-15(9-16(18)23)26-10-13(8-19(26)28)20-24-25-21(30-20)31-11-17(27)12-2-4-14(22)5-3-12/h2-7,9,13H,8,10-11H2,1H3. The number of halogens is 2. The number of aromatic nitrogens is 2. The maximum absolute atomic E-state index is 12.5. The molecule has 31 heavy (non-hydrogen) atoms. The van der Waals surface area contributed by atoms with Crippen molar-refractivity contribution in [1.29, 1.82) is 0 Å². The van der Waals surface area contributed by atoms with Crippen LogP contribution in [0, 0.1) is 0 Å². The highest BCUT2D eigenvalue weighted by atomic mass is 35.5. The molecule has 1 unspecified atom stereocenters. The lowest BCUT2D eigenvalue weighted by Crippen LogP contribution is -2.24. The number of thioether (sulfide) groups is 1. The van der Waals surface area contributed by atoms with Crippen LogP contribution >= 0.6 is 35.0 Å². The minimum absolute atomic E-state index is 0.0587. The molecule has 160 valence electrons. The lowest BCUT2D eigenvalue weighted by molar-refractivity contribution is -0.117. The number of ketones is 1. The molecule has 1 atom stereocenters. The van der Waals surface area contributed by atoms with Crippen molar-refractivity contribution in [2.45, 2.75) is 17.6 Å². The van der Waals surface area contributed by atoms with Crippen LogP contribution in [0.1, 0.15) is 28.6 Å². The van der Waals surface area contributed by atoms with Crippen molar-refractivity contribution in [2.24, 2.45) is 0 Å². The van der Waals surface area contributed by atoms with E-state index in [-0.39, 0.29) is 35.0 Å². The summed E-state index contributed by atoms with van der Waals surface area (Å²) in [5.41, 5.74) is 1.24. The first-order valence-electron chi connectivity index (χ1n) is 9.33. The molecule has 1 saturated heterocycles. The van der Waals surface area contributed by atoms with Crippen LogP contribution in [0.25, 0.3) is 0 Å². The van der Waals surface area contributed by atoms with Gasteiger partial charge in [-0.1, -0.05) is 35.0 Å². The summed E-state index contributed by atoms with van der Waals surface area (Å²) in [5, 5.41) is 9.37. The van der Waals surface area contributed by atoms with Gasteiger partial charge in [0, 0.05) is 29.2 Å². The predicted octanol–water partition coefficient (Wildman–Crippen LogP) is 4.88. The molecule has 7 nitrogen and oxygen atoms in total. The summed E-state index contributed by atoms with van der Waals surface area (Å²) in [4.78, 5) is 26.4. The molecule has 1 aliphatic rings. The van der Waals surface area contributed by atoms with Crippen LogP contribution in [0.2, 0.25) is 10.0 Å². The van der Waals surface area contributed by atoms with E-state index in [0.717, 1.165) is 11.8 Å². The number of amides is 1. The van der Waals surface area contributed by atoms with Gasteiger partial charge in [-0.2, -0.15) is 0 Å². The highest BCUT2D eigenvalue weighted by Gasteiger charge is 2.35. The second kappa shape index (κ2) is 9.30. The van der Waals surface area contributed by atoms with Crippen molar-refractivity contribution in [3.63, 3.8) is 0 Å². The Morgan fingerprint density at radius 1 is 1.23 bits per heavy atom. The normalized spacial score (nSPS) is 16.0. The second-order valence-corrected chi connectivity index (χ2v) is 8.62. The quantitative estimate of drug-likeness (QED) is 0.353. The first-order chi connectivity index (χ1) is 14.9. The Kier molecular flexibility index (Phi) is 6.50. The van der Waals surface area contributed by atoms with Gasteiger partial charge in [0.15, 0.2) is 5.78 Å². The minimum atomic E-state index is -0.234. The summed E-state index contributed by atoms with van der Waals surface area (Å²) in [5.74, 6) is 0.708. The van der Waals surface area contributed by atoms with E-state index in [1.807, 2.05) is 0 Å². The first kappa shape index (κ1) is 21.7. The van der Waals surface area contributed by atoms with Crippen LogP contribution in [0.5, 0.6) is 5.75 Å². The Morgan fingerprint density at radius 3 is 2.71 bits per heavy atom. The lowest BCUT2D eigenvalue weighted by atomic mass is 10.1. The molecule has 0 aliphatic carbocycles. The van der Waals surface area contributed by atoms with Crippen LogP contribution in [-0.2, 0) is 4.79 Å². The molecular formula is C21H17Cl2N3O4S. The van der Waals surface area contributed by atoms with Gasteiger partial charge in [0.05, 0.1) is 23.8 Å². The number of rotatable bonds is 7. The molecule has 10 heteroatoms. The highest BCUT2D eigenvalue weighted by molar-refractivity contribution is 7.99. The Bertz CT molecular complexity index is 1120. The summed E-state index contributed by atoms with van der Waals surface area (Å²) < 4.78 is 10.9. The fraction of sp³-hybridized carbons (Fsp3) is 0.238. The molecule has 1 fully saturated rings. The molecule has 0 N–H and O–H groups in total. The van der Waals surface area contributed by atoms with Crippen molar-refractivity contribution in [3.05, 3.63) is 64.0 Å². The summed E-state index contributed by atoms with van der Waals surface area (Å²) in [6.07, 6.45) is 0.250. The van der Waals surface area contributed by atoms with E-state index in [1.54, 1.807) is 47.4 Å². The van der Waals surface area contributed by atoms with Crippen LogP contribution < -0.4 is 9.64 Å². The zero-order chi connectivity index (χ0) is 22.0. The van der Waals surface area contributed by atoms with Crippen molar-refractivity contribution in [2.75, 3.05) is 24.3 Å². The summed E-state index contributed by atoms with van der Waals surface area (Å²) >= 11 is 13.2. The molecule has 3 aromatic rings. The number of Topliss-reactive ketones (excluding diaryl/α,β-unsaturated/α-hetero) is 1. The molecule has 0 radical (unpaired) electrons. The number of hydrogen-bond donors (Lipinski definition) is 0. The number of carbonyl (C=O) groups is 2. The van der Waals surface area contributed by atoms with Gasteiger partial charge >= 0.3 is 0 Å². The third kappa shape index (κ3) is 4.87. The van der Waals surface area contributed by atoms with Gasteiger partial charge in [0.2, 0.25) is 11.8 Å². The molecule has 2 heterocycles. The maximum Gasteiger partial charge on any atom is 0.277 e. The molecule has 4 rings (SSSR count). The number of methoxy groups -OCH3 is 1. The molecule has 1 aliphatic heterocycles. The van der Waals surface area contributed by atoms with E-state index in [1.165, 1.54) is 7.11 Å². The lowest BCUT2D eigenvalue weighted by Gasteiger charge is -2.17. The molecule has 1 aromatic heterocycles. The van der Waals surface area contributed by atoms with E-state index in [4.69, 9.17) is 32.4 Å². The number of anilines is 1. The average molecular weight is 478 g/mol. The zero-order valence-corrected chi connectivity index (χ0v) is 18.7. The maximum atomic E-state index is 12.5. The smallest absolute Gasteiger partial charge is 0.277 e. The third-order valence-electron chi connectivity index (χ3n) is 4.84. The highest BCUT2D eigenvalue weighted by Crippen LogP contribution is 2.35. The third-order valence-corrected chi connectivity index (χ3v) is 6.20. The van der Waals surface area contributed by atoms with E-state index in [0.29, 0.717) is 39.5 Å². The fourth-order valence-corrected chi connectivity index (χ4v) is 4.28. The van der Waals surface area contributed by atoms with Gasteiger partial charge in [0.1, 0.15) is 5.75 Å². The largest absolute Gasteiger partial charge is 0.495 e. The van der Waals surface area contributed by atoms with E-state index < -0.39 is 0 Å². The van der Waals surface area contributed by atoms with Gasteiger partial charge in [-0.05, 0) is 42.5 Å². The van der Waals surface area contributed by atoms with Crippen LogP contribution in [-0.4, -0.2) is 41.3 Å². The minimum Gasteiger partial charge on any atom is -0.495 e. The van der Waals surface area contributed by atoms with Crippen LogP contribution in [0.15, 0.2) is 52.1 Å². The Labute approximate surface area is 192 Å². The predicted molar refractivity (Wildman–Crippen MR) is 119 cm³/mol. The average Bonchev–Trinajstić information content (AvgIpc) is 3.39. The van der Waals surface area contributed by atoms with Crippen molar-refractivity contribution >= 4 is 52.3 Å². The molecule has 2 aromatic carbocycles. The Morgan fingerprint density at radius 2 is 2.00 bits per heavy atom. The van der Waals surface area contributed by atoms with Crippen molar-refractivity contribution in [3.8, 4) is 5.75 Å².